The summed E-state index contributed by atoms with van der Waals surface area (Å²) in [6.45, 7) is 3.64. The molecule has 0 N–H and O–H groups in total. The molecule has 0 radical (unpaired) electrons. The molecular formula is C17H18N2O4. The number of carbonyl (C=O) groups is 1. The quantitative estimate of drug-likeness (QED) is 0.853. The van der Waals surface area contributed by atoms with E-state index in [2.05, 4.69) is 5.16 Å². The second-order valence-corrected chi connectivity index (χ2v) is 5.88. The highest BCUT2D eigenvalue weighted by Crippen LogP contribution is 2.38. The van der Waals surface area contributed by atoms with Crippen LogP contribution in [0.15, 0.2) is 28.8 Å². The standard InChI is InChI=1S/C17H18N2O4/c1-11-9-13(18-23-11)17(20)19-6-2-3-14(19)12-4-5-15-16(10-12)22-8-7-21-15/h4-5,9-10,14H,2-3,6-8H2,1H3/t14-/m1/s1. The first-order chi connectivity index (χ1) is 11.2. The summed E-state index contributed by atoms with van der Waals surface area (Å²) in [7, 11) is 0. The Labute approximate surface area is 134 Å². The number of fused-ring (bicyclic) bond motifs is 1. The van der Waals surface area contributed by atoms with Crippen LogP contribution in [0.2, 0.25) is 0 Å². The zero-order valence-electron chi connectivity index (χ0n) is 12.9. The third-order valence-corrected chi connectivity index (χ3v) is 4.31. The Morgan fingerprint density at radius 3 is 2.83 bits per heavy atom. The summed E-state index contributed by atoms with van der Waals surface area (Å²) in [5.74, 6) is 2.08. The first-order valence-corrected chi connectivity index (χ1v) is 7.86. The molecular weight excluding hydrogens is 296 g/mol. The summed E-state index contributed by atoms with van der Waals surface area (Å²) < 4.78 is 16.2. The molecule has 1 atom stereocenters. The number of nitrogens with zero attached hydrogens (tertiary/aromatic N) is 2. The number of carbonyl (C=O) groups excluding carboxylic acids is 1. The van der Waals surface area contributed by atoms with Gasteiger partial charge in [0.25, 0.3) is 5.91 Å². The lowest BCUT2D eigenvalue weighted by molar-refractivity contribution is 0.0724. The van der Waals surface area contributed by atoms with Gasteiger partial charge in [-0.1, -0.05) is 11.2 Å². The van der Waals surface area contributed by atoms with Crippen molar-refractivity contribution in [1.29, 1.82) is 0 Å². The molecule has 0 saturated carbocycles. The highest BCUT2D eigenvalue weighted by molar-refractivity contribution is 5.92. The molecule has 1 aromatic carbocycles. The predicted molar refractivity (Wildman–Crippen MR) is 81.7 cm³/mol. The molecule has 3 heterocycles. The first-order valence-electron chi connectivity index (χ1n) is 7.86. The summed E-state index contributed by atoms with van der Waals surface area (Å²) in [5.41, 5.74) is 1.44. The lowest BCUT2D eigenvalue weighted by atomic mass is 10.0. The number of hydrogen-bond acceptors (Lipinski definition) is 5. The zero-order chi connectivity index (χ0) is 15.8. The minimum atomic E-state index is -0.0840. The third-order valence-electron chi connectivity index (χ3n) is 4.31. The summed E-state index contributed by atoms with van der Waals surface area (Å²) in [6.07, 6.45) is 1.91. The summed E-state index contributed by atoms with van der Waals surface area (Å²) in [4.78, 5) is 14.5. The Balaban J connectivity index is 1.61. The van der Waals surface area contributed by atoms with Crippen molar-refractivity contribution >= 4 is 5.91 Å². The van der Waals surface area contributed by atoms with Crippen molar-refractivity contribution < 1.29 is 18.8 Å². The minimum Gasteiger partial charge on any atom is -0.486 e. The van der Waals surface area contributed by atoms with Crippen molar-refractivity contribution in [2.24, 2.45) is 0 Å². The maximum absolute atomic E-state index is 12.7. The monoisotopic (exact) mass is 314 g/mol. The van der Waals surface area contributed by atoms with Crippen LogP contribution in [0.4, 0.5) is 0 Å². The zero-order valence-corrected chi connectivity index (χ0v) is 12.9. The molecule has 2 aromatic rings. The average molecular weight is 314 g/mol. The van der Waals surface area contributed by atoms with E-state index in [1.54, 1.807) is 13.0 Å². The van der Waals surface area contributed by atoms with Gasteiger partial charge in [-0.2, -0.15) is 0 Å². The fourth-order valence-electron chi connectivity index (χ4n) is 3.24. The van der Waals surface area contributed by atoms with Gasteiger partial charge >= 0.3 is 0 Å². The number of benzene rings is 1. The number of ether oxygens (including phenoxy) is 2. The first kappa shape index (κ1) is 14.1. The maximum atomic E-state index is 12.7. The highest BCUT2D eigenvalue weighted by Gasteiger charge is 2.32. The van der Waals surface area contributed by atoms with Gasteiger partial charge in [-0.3, -0.25) is 4.79 Å². The molecule has 0 unspecified atom stereocenters. The van der Waals surface area contributed by atoms with Crippen LogP contribution >= 0.6 is 0 Å². The van der Waals surface area contributed by atoms with Crippen LogP contribution in [0.5, 0.6) is 11.5 Å². The van der Waals surface area contributed by atoms with Crippen LogP contribution in [0.25, 0.3) is 0 Å². The van der Waals surface area contributed by atoms with Crippen molar-refractivity contribution in [3.8, 4) is 11.5 Å². The van der Waals surface area contributed by atoms with E-state index in [0.29, 0.717) is 24.7 Å². The largest absolute Gasteiger partial charge is 0.486 e. The van der Waals surface area contributed by atoms with Crippen molar-refractivity contribution in [3.63, 3.8) is 0 Å². The Morgan fingerprint density at radius 2 is 2.04 bits per heavy atom. The molecule has 23 heavy (non-hydrogen) atoms. The van der Waals surface area contributed by atoms with E-state index in [-0.39, 0.29) is 11.9 Å². The molecule has 0 bridgehead atoms. The molecule has 2 aliphatic heterocycles. The van der Waals surface area contributed by atoms with Crippen LogP contribution in [-0.2, 0) is 0 Å². The Kier molecular flexibility index (Phi) is 3.44. The van der Waals surface area contributed by atoms with Gasteiger partial charge in [0.2, 0.25) is 0 Å². The molecule has 1 aromatic heterocycles. The minimum absolute atomic E-state index is 0.0373. The van der Waals surface area contributed by atoms with E-state index in [4.69, 9.17) is 14.0 Å². The lowest BCUT2D eigenvalue weighted by Crippen LogP contribution is -2.30. The number of aromatic nitrogens is 1. The molecule has 1 fully saturated rings. The highest BCUT2D eigenvalue weighted by atomic mass is 16.6. The van der Waals surface area contributed by atoms with Gasteiger partial charge < -0.3 is 18.9 Å². The topological polar surface area (TPSA) is 64.8 Å². The van der Waals surface area contributed by atoms with Crippen molar-refractivity contribution in [1.82, 2.24) is 10.1 Å². The van der Waals surface area contributed by atoms with Crippen LogP contribution in [-0.4, -0.2) is 35.7 Å². The molecule has 2 aliphatic rings. The fraction of sp³-hybridized carbons (Fsp3) is 0.412. The molecule has 0 aliphatic carbocycles. The average Bonchev–Trinajstić information content (AvgIpc) is 3.23. The summed E-state index contributed by atoms with van der Waals surface area (Å²) in [6, 6.07) is 7.64. The normalized spacial score (nSPS) is 19.9. The van der Waals surface area contributed by atoms with Gasteiger partial charge in [-0.05, 0) is 37.5 Å². The third kappa shape index (κ3) is 2.54. The van der Waals surface area contributed by atoms with Crippen LogP contribution in [0.3, 0.4) is 0 Å². The summed E-state index contributed by atoms with van der Waals surface area (Å²) in [5, 5.41) is 3.85. The van der Waals surface area contributed by atoms with Gasteiger partial charge in [0.05, 0.1) is 6.04 Å². The number of likely N-dealkylation sites (tertiary alicyclic amines) is 1. The van der Waals surface area contributed by atoms with E-state index in [0.717, 1.165) is 36.4 Å². The van der Waals surface area contributed by atoms with E-state index in [9.17, 15) is 4.79 Å². The molecule has 6 nitrogen and oxygen atoms in total. The van der Waals surface area contributed by atoms with Gasteiger partial charge in [0.1, 0.15) is 19.0 Å². The van der Waals surface area contributed by atoms with Crippen molar-refractivity contribution in [2.75, 3.05) is 19.8 Å². The molecule has 1 saturated heterocycles. The lowest BCUT2D eigenvalue weighted by Gasteiger charge is -2.26. The fourth-order valence-corrected chi connectivity index (χ4v) is 3.24. The van der Waals surface area contributed by atoms with Gasteiger partial charge in [-0.15, -0.1) is 0 Å². The van der Waals surface area contributed by atoms with Crippen molar-refractivity contribution in [3.05, 3.63) is 41.3 Å². The van der Waals surface area contributed by atoms with Gasteiger partial charge in [0.15, 0.2) is 17.2 Å². The molecule has 0 spiro atoms. The second-order valence-electron chi connectivity index (χ2n) is 5.88. The van der Waals surface area contributed by atoms with E-state index < -0.39 is 0 Å². The van der Waals surface area contributed by atoms with Crippen LogP contribution < -0.4 is 9.47 Å². The molecule has 6 heteroatoms. The number of hydrogen-bond donors (Lipinski definition) is 0. The number of aryl methyl sites for hydroxylation is 1. The predicted octanol–water partition coefficient (Wildman–Crippen LogP) is 2.73. The van der Waals surface area contributed by atoms with Crippen LogP contribution in [0.1, 0.15) is 40.7 Å². The molecule has 4 rings (SSSR count). The smallest absolute Gasteiger partial charge is 0.276 e. The van der Waals surface area contributed by atoms with Crippen LogP contribution in [0, 0.1) is 6.92 Å². The second kappa shape index (κ2) is 5.61. The van der Waals surface area contributed by atoms with E-state index in [1.807, 2.05) is 23.1 Å². The maximum Gasteiger partial charge on any atom is 0.276 e. The van der Waals surface area contributed by atoms with E-state index in [1.165, 1.54) is 0 Å². The Hall–Kier alpha value is -2.50. The molecule has 1 amide bonds. The van der Waals surface area contributed by atoms with Gasteiger partial charge in [0, 0.05) is 12.6 Å². The Bertz CT molecular complexity index is 740. The van der Waals surface area contributed by atoms with Crippen molar-refractivity contribution in [2.45, 2.75) is 25.8 Å². The Morgan fingerprint density at radius 1 is 1.22 bits per heavy atom. The summed E-state index contributed by atoms with van der Waals surface area (Å²) >= 11 is 0. The van der Waals surface area contributed by atoms with Gasteiger partial charge in [-0.25, -0.2) is 0 Å². The SMILES string of the molecule is Cc1cc(C(=O)N2CCC[C@@H]2c2ccc3c(c2)OCCO3)no1. The number of amides is 1. The number of rotatable bonds is 2. The molecule has 120 valence electrons. The van der Waals surface area contributed by atoms with E-state index >= 15 is 0 Å².